The molecule has 0 saturated carbocycles. The molecule has 0 fully saturated rings. The van der Waals surface area contributed by atoms with E-state index in [1.807, 2.05) is 0 Å². The number of halogens is 1. The monoisotopic (exact) mass is 311 g/mol. The number of aromatic carboxylic acids is 1. The molecule has 20 heavy (non-hydrogen) atoms. The van der Waals surface area contributed by atoms with E-state index in [0.717, 1.165) is 11.3 Å². The van der Waals surface area contributed by atoms with Gasteiger partial charge in [0.05, 0.1) is 12.2 Å². The van der Waals surface area contributed by atoms with Gasteiger partial charge in [-0.15, -0.1) is 11.3 Å². The first-order chi connectivity index (χ1) is 9.47. The number of hydrogen-bond acceptors (Lipinski definition) is 5. The van der Waals surface area contributed by atoms with E-state index >= 15 is 0 Å². The van der Waals surface area contributed by atoms with Crippen LogP contribution in [-0.2, 0) is 6.54 Å². The zero-order valence-corrected chi connectivity index (χ0v) is 12.0. The first-order valence-electron chi connectivity index (χ1n) is 5.56. The molecule has 0 saturated heterocycles. The van der Waals surface area contributed by atoms with Gasteiger partial charge in [0.15, 0.2) is 0 Å². The second-order valence-electron chi connectivity index (χ2n) is 3.87. The molecule has 0 radical (unpaired) electrons. The molecule has 104 valence electrons. The van der Waals surface area contributed by atoms with Crippen LogP contribution in [0, 0.1) is 6.92 Å². The minimum Gasteiger partial charge on any atom is -0.477 e. The fourth-order valence-electron chi connectivity index (χ4n) is 1.50. The van der Waals surface area contributed by atoms with E-state index in [0.29, 0.717) is 15.7 Å². The molecule has 2 heterocycles. The maximum absolute atomic E-state index is 11.8. The van der Waals surface area contributed by atoms with E-state index < -0.39 is 11.9 Å². The third kappa shape index (κ3) is 3.31. The zero-order chi connectivity index (χ0) is 14.7. The Morgan fingerprint density at radius 1 is 1.50 bits per heavy atom. The van der Waals surface area contributed by atoms with Gasteiger partial charge in [-0.05, 0) is 19.1 Å². The average Bonchev–Trinajstić information content (AvgIpc) is 2.77. The zero-order valence-electron chi connectivity index (χ0n) is 10.4. The highest BCUT2D eigenvalue weighted by Gasteiger charge is 2.15. The Hall–Kier alpha value is -1.99. The van der Waals surface area contributed by atoms with E-state index in [-0.39, 0.29) is 17.1 Å². The van der Waals surface area contributed by atoms with Crippen molar-refractivity contribution in [1.82, 2.24) is 15.3 Å². The SMILES string of the molecule is Cc1nc(CNC(=O)c2cc(Cl)ccn2)sc1C(=O)O. The largest absolute Gasteiger partial charge is 0.477 e. The molecule has 0 aliphatic rings. The van der Waals surface area contributed by atoms with E-state index in [2.05, 4.69) is 15.3 Å². The average molecular weight is 312 g/mol. The summed E-state index contributed by atoms with van der Waals surface area (Å²) >= 11 is 6.81. The van der Waals surface area contributed by atoms with Crippen molar-refractivity contribution in [3.05, 3.63) is 44.6 Å². The van der Waals surface area contributed by atoms with Crippen LogP contribution in [0.25, 0.3) is 0 Å². The highest BCUT2D eigenvalue weighted by Crippen LogP contribution is 2.17. The van der Waals surface area contributed by atoms with Crippen molar-refractivity contribution in [2.75, 3.05) is 0 Å². The van der Waals surface area contributed by atoms with E-state index in [9.17, 15) is 9.59 Å². The maximum atomic E-state index is 11.8. The summed E-state index contributed by atoms with van der Waals surface area (Å²) in [7, 11) is 0. The molecule has 0 aliphatic carbocycles. The predicted octanol–water partition coefficient (Wildman–Crippen LogP) is 2.13. The molecule has 8 heteroatoms. The van der Waals surface area contributed by atoms with Gasteiger partial charge >= 0.3 is 5.97 Å². The number of amides is 1. The normalized spacial score (nSPS) is 10.3. The number of carboxylic acids is 1. The number of aryl methyl sites for hydroxylation is 1. The van der Waals surface area contributed by atoms with Crippen molar-refractivity contribution in [2.24, 2.45) is 0 Å². The molecule has 2 rings (SSSR count). The van der Waals surface area contributed by atoms with Gasteiger partial charge in [-0.1, -0.05) is 11.6 Å². The first kappa shape index (κ1) is 14.4. The topological polar surface area (TPSA) is 92.2 Å². The Balaban J connectivity index is 2.04. The number of carboxylic acid groups (broad SMARTS) is 1. The summed E-state index contributed by atoms with van der Waals surface area (Å²) in [5.74, 6) is -1.41. The molecule has 0 aliphatic heterocycles. The van der Waals surface area contributed by atoms with Crippen LogP contribution < -0.4 is 5.32 Å². The summed E-state index contributed by atoms with van der Waals surface area (Å²) in [6.07, 6.45) is 1.44. The number of carbonyl (C=O) groups is 2. The quantitative estimate of drug-likeness (QED) is 0.902. The van der Waals surface area contributed by atoms with Crippen molar-refractivity contribution in [3.8, 4) is 0 Å². The van der Waals surface area contributed by atoms with Crippen molar-refractivity contribution in [3.63, 3.8) is 0 Å². The van der Waals surface area contributed by atoms with Crippen LogP contribution in [0.2, 0.25) is 5.02 Å². The molecule has 2 aromatic heterocycles. The summed E-state index contributed by atoms with van der Waals surface area (Å²) in [6.45, 7) is 1.76. The van der Waals surface area contributed by atoms with Crippen LogP contribution in [0.3, 0.4) is 0 Å². The van der Waals surface area contributed by atoms with Gasteiger partial charge in [-0.2, -0.15) is 0 Å². The second-order valence-corrected chi connectivity index (χ2v) is 5.39. The molecular formula is C12H10ClN3O3S. The van der Waals surface area contributed by atoms with Crippen LogP contribution in [0.4, 0.5) is 0 Å². The lowest BCUT2D eigenvalue weighted by Crippen LogP contribution is -2.23. The summed E-state index contributed by atoms with van der Waals surface area (Å²) in [5, 5.41) is 12.5. The highest BCUT2D eigenvalue weighted by atomic mass is 35.5. The number of pyridine rings is 1. The highest BCUT2D eigenvalue weighted by molar-refractivity contribution is 7.13. The molecule has 0 bridgehead atoms. The standard InChI is InChI=1S/C12H10ClN3O3S/c1-6-10(12(18)19)20-9(16-6)5-15-11(17)8-4-7(13)2-3-14-8/h2-4H,5H2,1H3,(H,15,17)(H,18,19). The number of thiazole rings is 1. The van der Waals surface area contributed by atoms with Gasteiger partial charge in [0.25, 0.3) is 5.91 Å². The summed E-state index contributed by atoms with van der Waals surface area (Å²) in [6, 6.07) is 3.02. The smallest absolute Gasteiger partial charge is 0.347 e. The van der Waals surface area contributed by atoms with Crippen LogP contribution in [0.5, 0.6) is 0 Å². The van der Waals surface area contributed by atoms with Crippen molar-refractivity contribution in [2.45, 2.75) is 13.5 Å². The molecule has 0 unspecified atom stereocenters. The summed E-state index contributed by atoms with van der Waals surface area (Å²) in [4.78, 5) is 30.9. The number of aromatic nitrogens is 2. The lowest BCUT2D eigenvalue weighted by Gasteiger charge is -2.02. The van der Waals surface area contributed by atoms with Gasteiger partial charge in [-0.3, -0.25) is 9.78 Å². The Kier molecular flexibility index (Phi) is 4.31. The molecule has 0 aromatic carbocycles. The van der Waals surface area contributed by atoms with Gasteiger partial charge < -0.3 is 10.4 Å². The second kappa shape index (κ2) is 5.98. The lowest BCUT2D eigenvalue weighted by molar-refractivity contribution is 0.0701. The molecule has 1 amide bonds. The number of carbonyl (C=O) groups excluding carboxylic acids is 1. The molecule has 2 N–H and O–H groups in total. The maximum Gasteiger partial charge on any atom is 0.347 e. The van der Waals surface area contributed by atoms with Gasteiger partial charge in [0.2, 0.25) is 0 Å². The van der Waals surface area contributed by atoms with Crippen LogP contribution in [0.1, 0.15) is 30.9 Å². The minimum absolute atomic E-state index is 0.145. The van der Waals surface area contributed by atoms with Crippen LogP contribution in [-0.4, -0.2) is 27.0 Å². The lowest BCUT2D eigenvalue weighted by atomic mass is 10.3. The van der Waals surface area contributed by atoms with Gasteiger partial charge in [0, 0.05) is 11.2 Å². The van der Waals surface area contributed by atoms with Crippen molar-refractivity contribution < 1.29 is 14.7 Å². The molecule has 0 atom stereocenters. The molecule has 2 aromatic rings. The van der Waals surface area contributed by atoms with Gasteiger partial charge in [0.1, 0.15) is 15.6 Å². The Morgan fingerprint density at radius 2 is 2.25 bits per heavy atom. The molecule has 0 spiro atoms. The Bertz CT molecular complexity index is 672. The summed E-state index contributed by atoms with van der Waals surface area (Å²) < 4.78 is 0. The molecule has 6 nitrogen and oxygen atoms in total. The number of nitrogens with one attached hydrogen (secondary N) is 1. The fraction of sp³-hybridized carbons (Fsp3) is 0.167. The Labute approximate surface area is 123 Å². The third-order valence-corrected chi connectivity index (χ3v) is 3.77. The number of hydrogen-bond donors (Lipinski definition) is 2. The third-order valence-electron chi connectivity index (χ3n) is 2.39. The van der Waals surface area contributed by atoms with E-state index in [1.54, 1.807) is 13.0 Å². The van der Waals surface area contributed by atoms with Crippen molar-refractivity contribution in [1.29, 1.82) is 0 Å². The van der Waals surface area contributed by atoms with E-state index in [1.165, 1.54) is 12.3 Å². The number of nitrogens with zero attached hydrogens (tertiary/aromatic N) is 2. The van der Waals surface area contributed by atoms with Crippen LogP contribution in [0.15, 0.2) is 18.3 Å². The van der Waals surface area contributed by atoms with Gasteiger partial charge in [-0.25, -0.2) is 9.78 Å². The molecular weight excluding hydrogens is 302 g/mol. The fourth-order valence-corrected chi connectivity index (χ4v) is 2.50. The van der Waals surface area contributed by atoms with Crippen LogP contribution >= 0.6 is 22.9 Å². The predicted molar refractivity (Wildman–Crippen MR) is 74.2 cm³/mol. The first-order valence-corrected chi connectivity index (χ1v) is 6.76. The number of rotatable bonds is 4. The Morgan fingerprint density at radius 3 is 2.85 bits per heavy atom. The minimum atomic E-state index is -1.02. The van der Waals surface area contributed by atoms with E-state index in [4.69, 9.17) is 16.7 Å². The summed E-state index contributed by atoms with van der Waals surface area (Å²) in [5.41, 5.74) is 0.636. The van der Waals surface area contributed by atoms with Crippen molar-refractivity contribution >= 4 is 34.8 Å².